The number of fused-ring (bicyclic) bond motifs is 1. The van der Waals surface area contributed by atoms with Crippen LogP contribution in [0.15, 0.2) is 59.6 Å². The first-order valence-electron chi connectivity index (χ1n) is 13.7. The Kier molecular flexibility index (Phi) is 8.63. The fourth-order valence-corrected chi connectivity index (χ4v) is 6.88. The van der Waals surface area contributed by atoms with Crippen LogP contribution >= 0.6 is 11.6 Å². The molecule has 0 spiro atoms. The van der Waals surface area contributed by atoms with Gasteiger partial charge in [-0.3, -0.25) is 4.72 Å². The largest absolute Gasteiger partial charge is 0.480 e. The van der Waals surface area contributed by atoms with E-state index in [0.717, 1.165) is 59.7 Å². The summed E-state index contributed by atoms with van der Waals surface area (Å²) >= 11 is 6.11. The third kappa shape index (κ3) is 6.39. The quantitative estimate of drug-likeness (QED) is 0.243. The number of aryl methyl sites for hydroxylation is 1. The van der Waals surface area contributed by atoms with Crippen LogP contribution in [0.1, 0.15) is 38.2 Å². The fraction of sp³-hybridized carbons (Fsp3) is 0.367. The van der Waals surface area contributed by atoms with Crippen LogP contribution in [0.25, 0.3) is 22.0 Å². The number of hydrogen-bond acceptors (Lipinski definition) is 8. The minimum Gasteiger partial charge on any atom is -0.480 e. The lowest BCUT2D eigenvalue weighted by Crippen LogP contribution is -2.36. The van der Waals surface area contributed by atoms with Crippen molar-refractivity contribution in [3.63, 3.8) is 0 Å². The molecule has 1 fully saturated rings. The van der Waals surface area contributed by atoms with Crippen LogP contribution in [0, 0.1) is 0 Å². The lowest BCUT2D eigenvalue weighted by Gasteiger charge is -2.32. The fourth-order valence-electron chi connectivity index (χ4n) is 5.36. The summed E-state index contributed by atoms with van der Waals surface area (Å²) in [5, 5.41) is 4.59. The number of nitrogens with zero attached hydrogens (tertiary/aromatic N) is 4. The number of pyridine rings is 1. The average Bonchev–Trinajstić information content (AvgIpc) is 2.96. The van der Waals surface area contributed by atoms with Crippen LogP contribution in [0.3, 0.4) is 0 Å². The summed E-state index contributed by atoms with van der Waals surface area (Å²) in [6, 6.07) is 14.7. The lowest BCUT2D eigenvalue weighted by molar-refractivity contribution is 0.221. The number of rotatable bonds is 9. The number of sulfonamides is 1. The predicted octanol–water partition coefficient (Wildman–Crippen LogP) is 6.00. The summed E-state index contributed by atoms with van der Waals surface area (Å²) in [5.74, 6) is 1.07. The molecule has 0 aliphatic heterocycles. The summed E-state index contributed by atoms with van der Waals surface area (Å²) in [6.07, 6.45) is 7.16. The average molecular weight is 595 g/mol. The van der Waals surface area contributed by atoms with Crippen molar-refractivity contribution in [1.82, 2.24) is 19.9 Å². The van der Waals surface area contributed by atoms with Gasteiger partial charge in [0.25, 0.3) is 10.0 Å². The molecule has 1 aliphatic rings. The number of methoxy groups -OCH3 is 1. The van der Waals surface area contributed by atoms with Gasteiger partial charge in [-0.1, -0.05) is 30.7 Å². The Balaban J connectivity index is 1.40. The zero-order chi connectivity index (χ0) is 29.1. The van der Waals surface area contributed by atoms with E-state index in [9.17, 15) is 8.42 Å². The SMILES string of the molecule is CCc1cc(-c2ccc(NS(=O)(=O)c3ccccc3Cl)nc2OC)cc2cnc(NC3CCC(N(C)C)CC3)nc12. The Labute approximate surface area is 246 Å². The molecule has 9 nitrogen and oxygen atoms in total. The Bertz CT molecular complexity index is 1660. The molecule has 1 saturated carbocycles. The molecule has 2 heterocycles. The Morgan fingerprint density at radius 1 is 1.05 bits per heavy atom. The first-order chi connectivity index (χ1) is 19.7. The first kappa shape index (κ1) is 29.0. The van der Waals surface area contributed by atoms with Crippen molar-refractivity contribution >= 4 is 44.3 Å². The molecule has 2 aromatic carbocycles. The smallest absolute Gasteiger partial charge is 0.264 e. The molecule has 0 unspecified atom stereocenters. The topological polar surface area (TPSA) is 109 Å². The van der Waals surface area contributed by atoms with E-state index in [1.807, 2.05) is 12.3 Å². The molecule has 0 atom stereocenters. The maximum Gasteiger partial charge on any atom is 0.264 e. The van der Waals surface area contributed by atoms with Crippen molar-refractivity contribution < 1.29 is 13.2 Å². The molecule has 41 heavy (non-hydrogen) atoms. The molecule has 2 N–H and O–H groups in total. The zero-order valence-electron chi connectivity index (χ0n) is 23.7. The van der Waals surface area contributed by atoms with E-state index < -0.39 is 10.0 Å². The highest BCUT2D eigenvalue weighted by Gasteiger charge is 2.23. The van der Waals surface area contributed by atoms with Gasteiger partial charge < -0.3 is 15.0 Å². The monoisotopic (exact) mass is 594 g/mol. The second-order valence-corrected chi connectivity index (χ2v) is 12.6. The van der Waals surface area contributed by atoms with Gasteiger partial charge in [0.1, 0.15) is 10.7 Å². The molecule has 0 saturated heterocycles. The molecular weight excluding hydrogens is 560 g/mol. The van der Waals surface area contributed by atoms with E-state index in [4.69, 9.17) is 21.3 Å². The van der Waals surface area contributed by atoms with Crippen molar-refractivity contribution in [1.29, 1.82) is 0 Å². The summed E-state index contributed by atoms with van der Waals surface area (Å²) in [6.45, 7) is 2.10. The predicted molar refractivity (Wildman–Crippen MR) is 164 cm³/mol. The van der Waals surface area contributed by atoms with Gasteiger partial charge in [-0.15, -0.1) is 0 Å². The Morgan fingerprint density at radius 3 is 2.49 bits per heavy atom. The van der Waals surface area contributed by atoms with E-state index in [1.165, 1.54) is 19.2 Å². The molecule has 5 rings (SSSR count). The van der Waals surface area contributed by atoms with Gasteiger partial charge in [-0.25, -0.2) is 18.4 Å². The van der Waals surface area contributed by atoms with Crippen molar-refractivity contribution in [2.75, 3.05) is 31.2 Å². The number of benzene rings is 2. The van der Waals surface area contributed by atoms with Crippen LogP contribution in [0.5, 0.6) is 5.88 Å². The summed E-state index contributed by atoms with van der Waals surface area (Å²) in [5.41, 5.74) is 3.59. The number of aromatic nitrogens is 3. The van der Waals surface area contributed by atoms with E-state index in [0.29, 0.717) is 23.9 Å². The van der Waals surface area contributed by atoms with Gasteiger partial charge in [0.05, 0.1) is 17.6 Å². The highest BCUT2D eigenvalue weighted by atomic mass is 35.5. The van der Waals surface area contributed by atoms with Crippen LogP contribution < -0.4 is 14.8 Å². The molecule has 0 amide bonds. The Hall–Kier alpha value is -3.47. The van der Waals surface area contributed by atoms with Gasteiger partial charge in [0.15, 0.2) is 0 Å². The maximum absolute atomic E-state index is 12.9. The second kappa shape index (κ2) is 12.2. The molecule has 0 radical (unpaired) electrons. The minimum absolute atomic E-state index is 0.0243. The lowest BCUT2D eigenvalue weighted by atomic mass is 9.90. The van der Waals surface area contributed by atoms with E-state index >= 15 is 0 Å². The maximum atomic E-state index is 12.9. The van der Waals surface area contributed by atoms with Crippen molar-refractivity contribution in [3.8, 4) is 17.0 Å². The second-order valence-electron chi connectivity index (χ2n) is 10.5. The minimum atomic E-state index is -3.93. The van der Waals surface area contributed by atoms with Gasteiger partial charge in [-0.2, -0.15) is 4.98 Å². The highest BCUT2D eigenvalue weighted by Crippen LogP contribution is 2.34. The van der Waals surface area contributed by atoms with Crippen LogP contribution in [0.2, 0.25) is 5.02 Å². The van der Waals surface area contributed by atoms with Crippen LogP contribution in [0.4, 0.5) is 11.8 Å². The number of hydrogen-bond donors (Lipinski definition) is 2. The van der Waals surface area contributed by atoms with Gasteiger partial charge in [-0.05, 0) is 93.7 Å². The number of halogens is 1. The molecule has 1 aliphatic carbocycles. The van der Waals surface area contributed by atoms with Gasteiger partial charge in [0, 0.05) is 29.2 Å². The normalized spacial score (nSPS) is 17.5. The number of ether oxygens (including phenoxy) is 1. The van der Waals surface area contributed by atoms with Crippen LogP contribution in [-0.4, -0.2) is 61.6 Å². The molecule has 2 aromatic heterocycles. The number of anilines is 2. The van der Waals surface area contributed by atoms with E-state index in [-0.39, 0.29) is 15.7 Å². The third-order valence-electron chi connectivity index (χ3n) is 7.63. The highest BCUT2D eigenvalue weighted by molar-refractivity contribution is 7.92. The van der Waals surface area contributed by atoms with Gasteiger partial charge in [0.2, 0.25) is 11.8 Å². The molecule has 4 aromatic rings. The summed E-state index contributed by atoms with van der Waals surface area (Å²) in [4.78, 5) is 16.3. The molecule has 0 bridgehead atoms. The summed E-state index contributed by atoms with van der Waals surface area (Å²) in [7, 11) is 1.87. The summed E-state index contributed by atoms with van der Waals surface area (Å²) < 4.78 is 33.9. The molecular formula is C30H35ClN6O3S. The van der Waals surface area contributed by atoms with Gasteiger partial charge >= 0.3 is 0 Å². The Morgan fingerprint density at radius 2 is 1.80 bits per heavy atom. The first-order valence-corrected chi connectivity index (χ1v) is 15.6. The van der Waals surface area contributed by atoms with Crippen LogP contribution in [-0.2, 0) is 16.4 Å². The van der Waals surface area contributed by atoms with Crippen molar-refractivity contribution in [2.45, 2.75) is 56.0 Å². The molecule has 216 valence electrons. The number of nitrogens with one attached hydrogen (secondary N) is 2. The van der Waals surface area contributed by atoms with E-state index in [2.05, 4.69) is 52.0 Å². The zero-order valence-corrected chi connectivity index (χ0v) is 25.3. The van der Waals surface area contributed by atoms with E-state index in [1.54, 1.807) is 24.3 Å². The van der Waals surface area contributed by atoms with Crippen molar-refractivity contribution in [3.05, 3.63) is 65.3 Å². The standard InChI is InChI=1S/C30H35ClN6O3S/c1-5-19-16-20(17-21-18-32-30(35-28(19)21)33-22-10-12-23(13-11-22)37(2)3)24-14-15-27(34-29(24)40-4)36-41(38,39)26-9-7-6-8-25(26)31/h6-9,14-18,22-23H,5,10-13H2,1-4H3,(H,34,36)(H,32,33,35). The molecule has 11 heteroatoms. The van der Waals surface area contributed by atoms with Crippen molar-refractivity contribution in [2.24, 2.45) is 0 Å². The third-order valence-corrected chi connectivity index (χ3v) is 9.49.